The number of likely N-dealkylation sites (N-methyl/N-ethyl adjacent to an activating group) is 1. The molecular weight excluding hydrogens is 206 g/mol. The average molecular weight is 231 g/mol. The fourth-order valence-electron chi connectivity index (χ4n) is 1.88. The van der Waals surface area contributed by atoms with Crippen molar-refractivity contribution in [2.24, 2.45) is 0 Å². The van der Waals surface area contributed by atoms with E-state index in [1.807, 2.05) is 13.8 Å². The molecule has 1 heterocycles. The van der Waals surface area contributed by atoms with E-state index < -0.39 is 5.97 Å². The Balaban J connectivity index is 0.00000106. The predicted octanol–water partition coefficient (Wildman–Crippen LogP) is 1.99. The molecule has 0 amide bonds. The second-order valence-corrected chi connectivity index (χ2v) is 3.64. The molecule has 0 aromatic heterocycles. The summed E-state index contributed by atoms with van der Waals surface area (Å²) in [5, 5.41) is 8.41. The second kappa shape index (κ2) is 9.60. The van der Waals surface area contributed by atoms with Crippen LogP contribution in [0.4, 0.5) is 0 Å². The quantitative estimate of drug-likeness (QED) is 0.710. The number of hydrogen-bond donors (Lipinski definition) is 1. The van der Waals surface area contributed by atoms with Crippen molar-refractivity contribution in [2.75, 3.05) is 26.3 Å². The van der Waals surface area contributed by atoms with Crippen molar-refractivity contribution >= 4 is 5.97 Å². The summed E-state index contributed by atoms with van der Waals surface area (Å²) in [5.41, 5.74) is 0. The van der Waals surface area contributed by atoms with Crippen molar-refractivity contribution in [1.82, 2.24) is 4.90 Å². The molecule has 1 unspecified atom stereocenters. The summed E-state index contributed by atoms with van der Waals surface area (Å²) in [4.78, 5) is 12.6. The van der Waals surface area contributed by atoms with Gasteiger partial charge in [0, 0.05) is 6.04 Å². The van der Waals surface area contributed by atoms with E-state index in [-0.39, 0.29) is 6.42 Å². The number of aliphatic carboxylic acids is 1. The number of ether oxygens (including phenoxy) is 1. The van der Waals surface area contributed by atoms with Gasteiger partial charge in [0.15, 0.2) is 0 Å². The number of hydrogen-bond acceptors (Lipinski definition) is 3. The second-order valence-electron chi connectivity index (χ2n) is 3.64. The number of carbonyl (C=O) groups is 1. The third kappa shape index (κ3) is 6.08. The lowest BCUT2D eigenvalue weighted by molar-refractivity contribution is -0.138. The van der Waals surface area contributed by atoms with Crippen LogP contribution in [0.2, 0.25) is 0 Å². The molecule has 1 fully saturated rings. The largest absolute Gasteiger partial charge is 0.481 e. The van der Waals surface area contributed by atoms with Crippen LogP contribution in [0.15, 0.2) is 0 Å². The Morgan fingerprint density at radius 2 is 2.19 bits per heavy atom. The molecule has 0 bridgehead atoms. The first-order valence-electron chi connectivity index (χ1n) is 6.27. The summed E-state index contributed by atoms with van der Waals surface area (Å²) < 4.78 is 5.34. The molecule has 1 atom stereocenters. The average Bonchev–Trinajstić information content (AvgIpc) is 2.74. The zero-order valence-corrected chi connectivity index (χ0v) is 10.7. The molecule has 4 heteroatoms. The lowest BCUT2D eigenvalue weighted by Gasteiger charge is -2.22. The highest BCUT2D eigenvalue weighted by Gasteiger charge is 2.22. The third-order valence-corrected chi connectivity index (χ3v) is 2.68. The topological polar surface area (TPSA) is 49.8 Å². The minimum Gasteiger partial charge on any atom is -0.481 e. The van der Waals surface area contributed by atoms with Gasteiger partial charge in [-0.15, -0.1) is 0 Å². The molecule has 0 aliphatic carbocycles. The maximum absolute atomic E-state index is 10.2. The van der Waals surface area contributed by atoms with E-state index in [9.17, 15) is 4.79 Å². The van der Waals surface area contributed by atoms with Gasteiger partial charge in [0.25, 0.3) is 0 Å². The van der Waals surface area contributed by atoms with Gasteiger partial charge in [0.1, 0.15) is 0 Å². The zero-order valence-electron chi connectivity index (χ0n) is 10.7. The van der Waals surface area contributed by atoms with Crippen molar-refractivity contribution in [3.05, 3.63) is 0 Å². The van der Waals surface area contributed by atoms with Crippen LogP contribution in [0.5, 0.6) is 0 Å². The first kappa shape index (κ1) is 15.4. The normalized spacial score (nSPS) is 20.3. The molecule has 0 radical (unpaired) electrons. The summed E-state index contributed by atoms with van der Waals surface area (Å²) in [7, 11) is 0. The smallest absolute Gasteiger partial charge is 0.305 e. The van der Waals surface area contributed by atoms with Crippen LogP contribution in [0, 0.1) is 0 Å². The molecule has 0 aromatic carbocycles. The van der Waals surface area contributed by atoms with Crippen molar-refractivity contribution in [1.29, 1.82) is 0 Å². The summed E-state index contributed by atoms with van der Waals surface area (Å²) in [6.45, 7) is 9.39. The number of rotatable bonds is 6. The number of carboxylic acids is 1. The van der Waals surface area contributed by atoms with Gasteiger partial charge in [-0.05, 0) is 25.9 Å². The highest BCUT2D eigenvalue weighted by atomic mass is 16.5. The van der Waals surface area contributed by atoms with E-state index in [4.69, 9.17) is 9.84 Å². The van der Waals surface area contributed by atoms with Crippen molar-refractivity contribution in [2.45, 2.75) is 46.1 Å². The standard InChI is InChI=1S/C10H19NO3.C2H6/c1-2-11-6-3-4-9(11)8-14-7-5-10(12)13;1-2/h9H,2-8H2,1H3,(H,12,13);1-2H3. The first-order valence-corrected chi connectivity index (χ1v) is 6.27. The molecule has 0 spiro atoms. The maximum atomic E-state index is 10.2. The Labute approximate surface area is 98.6 Å². The van der Waals surface area contributed by atoms with Crippen LogP contribution in [-0.4, -0.2) is 48.3 Å². The summed E-state index contributed by atoms with van der Waals surface area (Å²) in [6, 6.07) is 0.508. The minimum atomic E-state index is -0.788. The van der Waals surface area contributed by atoms with Crippen molar-refractivity contribution < 1.29 is 14.6 Å². The Morgan fingerprint density at radius 3 is 2.75 bits per heavy atom. The highest BCUT2D eigenvalue weighted by Crippen LogP contribution is 2.16. The van der Waals surface area contributed by atoms with Crippen LogP contribution in [0.25, 0.3) is 0 Å². The molecule has 0 saturated carbocycles. The fraction of sp³-hybridized carbons (Fsp3) is 0.917. The van der Waals surface area contributed by atoms with Crippen LogP contribution < -0.4 is 0 Å². The van der Waals surface area contributed by atoms with E-state index in [1.54, 1.807) is 0 Å². The number of carboxylic acid groups (broad SMARTS) is 1. The third-order valence-electron chi connectivity index (χ3n) is 2.68. The Bertz CT molecular complexity index is 185. The molecule has 1 N–H and O–H groups in total. The van der Waals surface area contributed by atoms with Gasteiger partial charge in [-0.3, -0.25) is 9.69 Å². The summed E-state index contributed by atoms with van der Waals surface area (Å²) in [6.07, 6.45) is 2.53. The summed E-state index contributed by atoms with van der Waals surface area (Å²) >= 11 is 0. The molecule has 0 aromatic rings. The zero-order chi connectivity index (χ0) is 12.4. The molecule has 96 valence electrons. The number of likely N-dealkylation sites (tertiary alicyclic amines) is 1. The van der Waals surface area contributed by atoms with Crippen LogP contribution in [0.1, 0.15) is 40.0 Å². The SMILES string of the molecule is CC.CCN1CCCC1COCCC(=O)O. The van der Waals surface area contributed by atoms with Gasteiger partial charge in [-0.25, -0.2) is 0 Å². The molecular formula is C12H25NO3. The highest BCUT2D eigenvalue weighted by molar-refractivity contribution is 5.66. The van der Waals surface area contributed by atoms with Gasteiger partial charge in [-0.2, -0.15) is 0 Å². The molecule has 1 aliphatic rings. The first-order chi connectivity index (χ1) is 7.74. The van der Waals surface area contributed by atoms with Crippen molar-refractivity contribution in [3.63, 3.8) is 0 Å². The van der Waals surface area contributed by atoms with Crippen LogP contribution in [-0.2, 0) is 9.53 Å². The van der Waals surface area contributed by atoms with Gasteiger partial charge < -0.3 is 9.84 Å². The van der Waals surface area contributed by atoms with Gasteiger partial charge in [0.2, 0.25) is 0 Å². The molecule has 4 nitrogen and oxygen atoms in total. The number of nitrogens with zero attached hydrogens (tertiary/aromatic N) is 1. The van der Waals surface area contributed by atoms with E-state index in [1.165, 1.54) is 12.8 Å². The maximum Gasteiger partial charge on any atom is 0.305 e. The monoisotopic (exact) mass is 231 g/mol. The van der Waals surface area contributed by atoms with E-state index in [0.29, 0.717) is 19.3 Å². The van der Waals surface area contributed by atoms with E-state index in [2.05, 4.69) is 11.8 Å². The predicted molar refractivity (Wildman–Crippen MR) is 64.7 cm³/mol. The molecule has 16 heavy (non-hydrogen) atoms. The van der Waals surface area contributed by atoms with E-state index in [0.717, 1.165) is 13.1 Å². The van der Waals surface area contributed by atoms with Gasteiger partial charge in [-0.1, -0.05) is 20.8 Å². The lowest BCUT2D eigenvalue weighted by atomic mass is 10.2. The molecule has 1 saturated heterocycles. The van der Waals surface area contributed by atoms with Gasteiger partial charge in [0.05, 0.1) is 19.6 Å². The van der Waals surface area contributed by atoms with Crippen LogP contribution >= 0.6 is 0 Å². The Hall–Kier alpha value is -0.610. The Morgan fingerprint density at radius 1 is 1.50 bits per heavy atom. The minimum absolute atomic E-state index is 0.110. The lowest BCUT2D eigenvalue weighted by Crippen LogP contribution is -2.33. The Kier molecular flexibility index (Phi) is 9.24. The van der Waals surface area contributed by atoms with Gasteiger partial charge >= 0.3 is 5.97 Å². The van der Waals surface area contributed by atoms with E-state index >= 15 is 0 Å². The van der Waals surface area contributed by atoms with Crippen LogP contribution in [0.3, 0.4) is 0 Å². The molecule has 1 aliphatic heterocycles. The fourth-order valence-corrected chi connectivity index (χ4v) is 1.88. The summed E-state index contributed by atoms with van der Waals surface area (Å²) in [5.74, 6) is -0.788. The van der Waals surface area contributed by atoms with Crippen molar-refractivity contribution in [3.8, 4) is 0 Å². The molecule has 1 rings (SSSR count).